The fraction of sp³-hybridized carbons (Fsp3) is 0.550. The van der Waals surface area contributed by atoms with Crippen LogP contribution < -0.4 is 10.0 Å². The number of hydrogen-bond acceptors (Lipinski definition) is 7. The summed E-state index contributed by atoms with van der Waals surface area (Å²) in [6.07, 6.45) is 0.628. The van der Waals surface area contributed by atoms with E-state index in [0.717, 1.165) is 43.0 Å². The van der Waals surface area contributed by atoms with Crippen molar-refractivity contribution >= 4 is 15.8 Å². The normalized spacial score (nSPS) is 19.3. The van der Waals surface area contributed by atoms with Crippen LogP contribution in [0.4, 0.5) is 19.0 Å². The molecule has 2 aromatic heterocycles. The van der Waals surface area contributed by atoms with Gasteiger partial charge < -0.3 is 10.1 Å². The van der Waals surface area contributed by atoms with E-state index in [9.17, 15) is 26.9 Å². The van der Waals surface area contributed by atoms with Crippen LogP contribution in [0, 0.1) is 17.2 Å². The SMILES string of the molecule is N#Cc1c(C(F)(F)F)nn(-c2ccc(S(=O)(=O)NCC3CCC3)cn2)c1NCC1CCCO1. The van der Waals surface area contributed by atoms with Gasteiger partial charge in [0.15, 0.2) is 11.5 Å². The third-order valence-electron chi connectivity index (χ3n) is 5.82. The third-order valence-corrected chi connectivity index (χ3v) is 7.23. The van der Waals surface area contributed by atoms with Crippen molar-refractivity contribution in [1.82, 2.24) is 19.5 Å². The van der Waals surface area contributed by atoms with Crippen molar-refractivity contribution in [1.29, 1.82) is 5.26 Å². The second-order valence-corrected chi connectivity index (χ2v) is 9.88. The van der Waals surface area contributed by atoms with E-state index < -0.39 is 27.5 Å². The van der Waals surface area contributed by atoms with Gasteiger partial charge in [0.2, 0.25) is 10.0 Å². The van der Waals surface area contributed by atoms with Gasteiger partial charge in [0.25, 0.3) is 0 Å². The Hall–Kier alpha value is -2.69. The van der Waals surface area contributed by atoms with Crippen molar-refractivity contribution in [3.8, 4) is 11.9 Å². The number of alkyl halides is 3. The fourth-order valence-corrected chi connectivity index (χ4v) is 4.79. The number of pyridine rings is 1. The number of nitriles is 1. The first-order chi connectivity index (χ1) is 15.7. The number of rotatable bonds is 8. The van der Waals surface area contributed by atoms with Crippen LogP contribution in [0.1, 0.15) is 43.4 Å². The largest absolute Gasteiger partial charge is 0.436 e. The minimum atomic E-state index is -4.86. The molecule has 0 bridgehead atoms. The Morgan fingerprint density at radius 3 is 2.55 bits per heavy atom. The van der Waals surface area contributed by atoms with Crippen LogP contribution in [-0.4, -0.2) is 49.0 Å². The fourth-order valence-electron chi connectivity index (χ4n) is 3.73. The Bertz CT molecular complexity index is 1130. The van der Waals surface area contributed by atoms with Gasteiger partial charge >= 0.3 is 6.18 Å². The molecule has 0 spiro atoms. The lowest BCUT2D eigenvalue weighted by Crippen LogP contribution is -2.32. The lowest BCUT2D eigenvalue weighted by atomic mass is 9.86. The maximum absolute atomic E-state index is 13.5. The number of halogens is 3. The highest BCUT2D eigenvalue weighted by molar-refractivity contribution is 7.89. The zero-order valence-corrected chi connectivity index (χ0v) is 18.4. The number of ether oxygens (including phenoxy) is 1. The van der Waals surface area contributed by atoms with Gasteiger partial charge in [-0.1, -0.05) is 6.42 Å². The minimum absolute atomic E-state index is 0.0604. The maximum atomic E-state index is 13.5. The van der Waals surface area contributed by atoms with E-state index in [-0.39, 0.29) is 29.2 Å². The Kier molecular flexibility index (Phi) is 6.60. The van der Waals surface area contributed by atoms with E-state index >= 15 is 0 Å². The molecular weight excluding hydrogens is 461 g/mol. The molecular formula is C20H23F3N6O3S. The first-order valence-corrected chi connectivity index (χ1v) is 12.1. The molecule has 1 atom stereocenters. The van der Waals surface area contributed by atoms with Crippen LogP contribution in [0.2, 0.25) is 0 Å². The molecule has 178 valence electrons. The van der Waals surface area contributed by atoms with Crippen LogP contribution in [0.3, 0.4) is 0 Å². The molecule has 2 aliphatic rings. The summed E-state index contributed by atoms with van der Waals surface area (Å²) in [6, 6.07) is 4.07. The van der Waals surface area contributed by atoms with E-state index in [0.29, 0.717) is 19.1 Å². The molecule has 1 aliphatic heterocycles. The molecule has 1 unspecified atom stereocenters. The zero-order chi connectivity index (χ0) is 23.6. The van der Waals surface area contributed by atoms with E-state index in [1.807, 2.05) is 0 Å². The summed E-state index contributed by atoms with van der Waals surface area (Å²) < 4.78 is 74.4. The number of nitrogens with zero attached hydrogens (tertiary/aromatic N) is 4. The molecule has 2 aromatic rings. The summed E-state index contributed by atoms with van der Waals surface area (Å²) in [5.74, 6) is 0.0834. The van der Waals surface area contributed by atoms with Gasteiger partial charge in [0, 0.05) is 25.9 Å². The summed E-state index contributed by atoms with van der Waals surface area (Å²) in [7, 11) is -3.80. The Morgan fingerprint density at radius 1 is 1.21 bits per heavy atom. The molecule has 0 amide bonds. The molecule has 3 heterocycles. The number of anilines is 1. The Labute approximate surface area is 189 Å². The van der Waals surface area contributed by atoms with Gasteiger partial charge in [0.05, 0.1) is 6.10 Å². The number of aromatic nitrogens is 3. The lowest BCUT2D eigenvalue weighted by Gasteiger charge is -2.25. The van der Waals surface area contributed by atoms with Gasteiger partial charge in [-0.2, -0.15) is 28.2 Å². The lowest BCUT2D eigenvalue weighted by molar-refractivity contribution is -0.141. The highest BCUT2D eigenvalue weighted by Crippen LogP contribution is 2.35. The zero-order valence-electron chi connectivity index (χ0n) is 17.6. The molecule has 4 rings (SSSR count). The highest BCUT2D eigenvalue weighted by Gasteiger charge is 2.40. The molecule has 2 N–H and O–H groups in total. The molecule has 0 aromatic carbocycles. The van der Waals surface area contributed by atoms with E-state index in [2.05, 4.69) is 20.1 Å². The van der Waals surface area contributed by atoms with Crippen molar-refractivity contribution < 1.29 is 26.3 Å². The summed E-state index contributed by atoms with van der Waals surface area (Å²) in [5, 5.41) is 15.8. The van der Waals surface area contributed by atoms with Gasteiger partial charge in [0.1, 0.15) is 22.3 Å². The van der Waals surface area contributed by atoms with Gasteiger partial charge in [-0.05, 0) is 43.7 Å². The predicted octanol–water partition coefficient (Wildman–Crippen LogP) is 2.83. The second-order valence-electron chi connectivity index (χ2n) is 8.11. The smallest absolute Gasteiger partial charge is 0.376 e. The summed E-state index contributed by atoms with van der Waals surface area (Å²) in [5.41, 5.74) is -2.01. The van der Waals surface area contributed by atoms with Gasteiger partial charge in [-0.25, -0.2) is 18.1 Å². The summed E-state index contributed by atoms with van der Waals surface area (Å²) >= 11 is 0. The third kappa shape index (κ3) is 5.13. The standard InChI is InChI=1S/C20H23F3N6O3S/c21-20(22,23)18-16(9-24)19(26-11-14-5-2-8-32-14)29(28-18)17-7-6-15(12-25-17)33(30,31)27-10-13-3-1-4-13/h6-7,12-14,26-27H,1-5,8,10-11H2. The van der Waals surface area contributed by atoms with E-state index in [1.165, 1.54) is 12.1 Å². The monoisotopic (exact) mass is 484 g/mol. The van der Waals surface area contributed by atoms with Crippen LogP contribution in [0.15, 0.2) is 23.2 Å². The van der Waals surface area contributed by atoms with Crippen molar-refractivity contribution in [3.63, 3.8) is 0 Å². The number of hydrogen-bond donors (Lipinski definition) is 2. The van der Waals surface area contributed by atoms with Crippen molar-refractivity contribution in [2.45, 2.75) is 49.3 Å². The molecule has 33 heavy (non-hydrogen) atoms. The maximum Gasteiger partial charge on any atom is 0.436 e. The molecule has 2 fully saturated rings. The van der Waals surface area contributed by atoms with Crippen LogP contribution in [-0.2, 0) is 20.9 Å². The first kappa shape index (κ1) is 23.5. The van der Waals surface area contributed by atoms with Crippen LogP contribution in [0.25, 0.3) is 5.82 Å². The number of nitrogens with one attached hydrogen (secondary N) is 2. The molecule has 1 aliphatic carbocycles. The quantitative estimate of drug-likeness (QED) is 0.591. The average Bonchev–Trinajstić information content (AvgIpc) is 3.38. The van der Waals surface area contributed by atoms with Crippen molar-refractivity contribution in [2.24, 2.45) is 5.92 Å². The highest BCUT2D eigenvalue weighted by atomic mass is 32.2. The number of sulfonamides is 1. The van der Waals surface area contributed by atoms with Crippen LogP contribution in [0.5, 0.6) is 0 Å². The van der Waals surface area contributed by atoms with Crippen molar-refractivity contribution in [3.05, 3.63) is 29.6 Å². The van der Waals surface area contributed by atoms with E-state index in [4.69, 9.17) is 4.74 Å². The molecule has 9 nitrogen and oxygen atoms in total. The minimum Gasteiger partial charge on any atom is -0.376 e. The predicted molar refractivity (Wildman–Crippen MR) is 111 cm³/mol. The Balaban J connectivity index is 1.62. The Morgan fingerprint density at radius 2 is 2.00 bits per heavy atom. The molecule has 1 saturated heterocycles. The molecule has 0 radical (unpaired) electrons. The summed E-state index contributed by atoms with van der Waals surface area (Å²) in [6.45, 7) is 1.09. The first-order valence-electron chi connectivity index (χ1n) is 10.6. The molecule has 13 heteroatoms. The summed E-state index contributed by atoms with van der Waals surface area (Å²) in [4.78, 5) is 3.91. The topological polar surface area (TPSA) is 122 Å². The average molecular weight is 485 g/mol. The second kappa shape index (κ2) is 9.28. The van der Waals surface area contributed by atoms with Crippen LogP contribution >= 0.6 is 0 Å². The van der Waals surface area contributed by atoms with Crippen molar-refractivity contribution in [2.75, 3.05) is 25.0 Å². The van der Waals surface area contributed by atoms with Gasteiger partial charge in [-0.3, -0.25) is 0 Å². The van der Waals surface area contributed by atoms with Gasteiger partial charge in [-0.15, -0.1) is 0 Å². The molecule has 1 saturated carbocycles. The van der Waals surface area contributed by atoms with E-state index in [1.54, 1.807) is 6.07 Å².